The van der Waals surface area contributed by atoms with E-state index in [0.717, 1.165) is 0 Å². The average Bonchev–Trinajstić information content (AvgIpc) is 2.13. The van der Waals surface area contributed by atoms with Gasteiger partial charge >= 0.3 is 0 Å². The van der Waals surface area contributed by atoms with Crippen LogP contribution in [0.25, 0.3) is 0 Å². The van der Waals surface area contributed by atoms with Crippen LogP contribution in [0.15, 0.2) is 0 Å². The Hall–Kier alpha value is -1.14. The molecule has 0 rings (SSSR count). The van der Waals surface area contributed by atoms with Gasteiger partial charge in [-0.3, -0.25) is 9.59 Å². The van der Waals surface area contributed by atoms with E-state index in [2.05, 4.69) is 5.32 Å². The largest absolute Gasteiger partial charge is 0.385 e. The maximum Gasteiger partial charge on any atom is 0.242 e. The molecule has 88 valence electrons. The summed E-state index contributed by atoms with van der Waals surface area (Å²) in [7, 11) is 1.53. The molecule has 0 bridgehead atoms. The van der Waals surface area contributed by atoms with Gasteiger partial charge in [-0.05, 0) is 20.3 Å². The van der Waals surface area contributed by atoms with E-state index >= 15 is 0 Å². The number of hydrogen-bond acceptors (Lipinski definition) is 4. The Morgan fingerprint density at radius 3 is 2.40 bits per heavy atom. The van der Waals surface area contributed by atoms with Crippen LogP contribution in [0.4, 0.5) is 0 Å². The van der Waals surface area contributed by atoms with E-state index in [1.165, 1.54) is 21.0 Å². The number of ether oxygens (including phenoxy) is 1. The first-order chi connectivity index (χ1) is 6.81. The van der Waals surface area contributed by atoms with Crippen molar-refractivity contribution in [2.75, 3.05) is 13.7 Å². The standard InChI is InChI=1S/C9H19N3O3/c1-9(2,8(11)14)12-7(13)6(10)4-5-15-3/h6H,4-5,10H2,1-3H3,(H2,11,14)(H,12,13). The summed E-state index contributed by atoms with van der Waals surface area (Å²) in [5, 5.41) is 2.47. The lowest BCUT2D eigenvalue weighted by Gasteiger charge is -2.24. The van der Waals surface area contributed by atoms with Crippen LogP contribution in [0.5, 0.6) is 0 Å². The normalized spacial score (nSPS) is 13.3. The molecule has 2 amide bonds. The summed E-state index contributed by atoms with van der Waals surface area (Å²) in [6, 6.07) is -0.691. The van der Waals surface area contributed by atoms with Crippen molar-refractivity contribution in [3.05, 3.63) is 0 Å². The summed E-state index contributed by atoms with van der Waals surface area (Å²) in [5.41, 5.74) is 9.58. The third-order valence-corrected chi connectivity index (χ3v) is 2.02. The van der Waals surface area contributed by atoms with Gasteiger partial charge in [0.1, 0.15) is 5.54 Å². The molecule has 6 heteroatoms. The zero-order chi connectivity index (χ0) is 12.1. The van der Waals surface area contributed by atoms with E-state index in [0.29, 0.717) is 13.0 Å². The number of nitrogens with one attached hydrogen (secondary N) is 1. The molecule has 0 aliphatic rings. The molecular formula is C9H19N3O3. The van der Waals surface area contributed by atoms with E-state index < -0.39 is 23.4 Å². The maximum absolute atomic E-state index is 11.5. The molecule has 0 radical (unpaired) electrons. The minimum absolute atomic E-state index is 0.394. The van der Waals surface area contributed by atoms with Crippen molar-refractivity contribution in [3.8, 4) is 0 Å². The highest BCUT2D eigenvalue weighted by molar-refractivity contribution is 5.91. The van der Waals surface area contributed by atoms with Crippen molar-refractivity contribution < 1.29 is 14.3 Å². The second-order valence-electron chi connectivity index (χ2n) is 3.87. The van der Waals surface area contributed by atoms with Crippen LogP contribution in [0.2, 0.25) is 0 Å². The molecule has 0 aliphatic carbocycles. The number of methoxy groups -OCH3 is 1. The molecule has 5 N–H and O–H groups in total. The molecule has 0 saturated heterocycles. The summed E-state index contributed by atoms with van der Waals surface area (Å²) < 4.78 is 4.79. The molecule has 0 heterocycles. The van der Waals surface area contributed by atoms with Gasteiger partial charge in [-0.1, -0.05) is 0 Å². The van der Waals surface area contributed by atoms with Crippen molar-refractivity contribution in [2.45, 2.75) is 31.8 Å². The van der Waals surface area contributed by atoms with Gasteiger partial charge in [0.05, 0.1) is 6.04 Å². The van der Waals surface area contributed by atoms with E-state index in [1.54, 1.807) is 0 Å². The lowest BCUT2D eigenvalue weighted by Crippen LogP contribution is -2.57. The van der Waals surface area contributed by atoms with Crippen molar-refractivity contribution >= 4 is 11.8 Å². The van der Waals surface area contributed by atoms with Crippen LogP contribution in [0.1, 0.15) is 20.3 Å². The fraction of sp³-hybridized carbons (Fsp3) is 0.778. The molecule has 0 aromatic carbocycles. The highest BCUT2D eigenvalue weighted by atomic mass is 16.5. The third-order valence-electron chi connectivity index (χ3n) is 2.02. The van der Waals surface area contributed by atoms with Gasteiger partial charge in [0.15, 0.2) is 0 Å². The second-order valence-corrected chi connectivity index (χ2v) is 3.87. The Balaban J connectivity index is 4.18. The zero-order valence-corrected chi connectivity index (χ0v) is 9.37. The first kappa shape index (κ1) is 13.9. The van der Waals surface area contributed by atoms with Gasteiger partial charge in [0.2, 0.25) is 11.8 Å². The highest BCUT2D eigenvalue weighted by Crippen LogP contribution is 2.01. The van der Waals surface area contributed by atoms with Gasteiger partial charge in [0.25, 0.3) is 0 Å². The first-order valence-corrected chi connectivity index (χ1v) is 4.67. The van der Waals surface area contributed by atoms with Crippen LogP contribution in [-0.4, -0.2) is 37.1 Å². The smallest absolute Gasteiger partial charge is 0.242 e. The predicted molar refractivity (Wildman–Crippen MR) is 55.9 cm³/mol. The summed E-state index contributed by atoms with van der Waals surface area (Å²) in [6.45, 7) is 3.44. The molecule has 15 heavy (non-hydrogen) atoms. The lowest BCUT2D eigenvalue weighted by molar-refractivity contribution is -0.131. The molecule has 0 aromatic rings. The van der Waals surface area contributed by atoms with Crippen LogP contribution in [0.3, 0.4) is 0 Å². The number of hydrogen-bond donors (Lipinski definition) is 3. The van der Waals surface area contributed by atoms with Crippen LogP contribution in [0, 0.1) is 0 Å². The van der Waals surface area contributed by atoms with Crippen LogP contribution >= 0.6 is 0 Å². The van der Waals surface area contributed by atoms with Crippen LogP contribution in [-0.2, 0) is 14.3 Å². The number of primary amides is 1. The van der Waals surface area contributed by atoms with Crippen molar-refractivity contribution in [2.24, 2.45) is 11.5 Å². The Morgan fingerprint density at radius 1 is 1.47 bits per heavy atom. The van der Waals surface area contributed by atoms with Crippen molar-refractivity contribution in [1.29, 1.82) is 0 Å². The molecule has 6 nitrogen and oxygen atoms in total. The minimum atomic E-state index is -1.08. The van der Waals surface area contributed by atoms with Gasteiger partial charge in [-0.25, -0.2) is 0 Å². The monoisotopic (exact) mass is 217 g/mol. The van der Waals surface area contributed by atoms with Gasteiger partial charge in [0, 0.05) is 13.7 Å². The lowest BCUT2D eigenvalue weighted by atomic mass is 10.0. The zero-order valence-electron chi connectivity index (χ0n) is 9.37. The second kappa shape index (κ2) is 5.67. The van der Waals surface area contributed by atoms with Gasteiger partial charge in [-0.15, -0.1) is 0 Å². The number of rotatable bonds is 6. The van der Waals surface area contributed by atoms with Crippen LogP contribution < -0.4 is 16.8 Å². The molecule has 0 spiro atoms. The SMILES string of the molecule is COCCC(N)C(=O)NC(C)(C)C(N)=O. The topological polar surface area (TPSA) is 107 Å². The van der Waals surface area contributed by atoms with Gasteiger partial charge < -0.3 is 21.5 Å². The molecule has 0 aliphatic heterocycles. The Kier molecular flexibility index (Phi) is 5.24. The van der Waals surface area contributed by atoms with E-state index in [-0.39, 0.29) is 0 Å². The first-order valence-electron chi connectivity index (χ1n) is 4.67. The Bertz CT molecular complexity index is 241. The van der Waals surface area contributed by atoms with Gasteiger partial charge in [-0.2, -0.15) is 0 Å². The number of amides is 2. The average molecular weight is 217 g/mol. The molecule has 0 saturated carbocycles. The highest BCUT2D eigenvalue weighted by Gasteiger charge is 2.28. The molecule has 0 fully saturated rings. The van der Waals surface area contributed by atoms with E-state index in [9.17, 15) is 9.59 Å². The molecule has 0 aromatic heterocycles. The summed E-state index contributed by atoms with van der Waals surface area (Å²) in [4.78, 5) is 22.4. The minimum Gasteiger partial charge on any atom is -0.385 e. The number of carbonyl (C=O) groups excluding carboxylic acids is 2. The summed E-state index contributed by atoms with van der Waals surface area (Å²) in [6.07, 6.45) is 0.400. The molecule has 1 unspecified atom stereocenters. The van der Waals surface area contributed by atoms with Crippen molar-refractivity contribution in [1.82, 2.24) is 5.32 Å². The maximum atomic E-state index is 11.5. The third kappa shape index (κ3) is 4.75. The van der Waals surface area contributed by atoms with E-state index in [4.69, 9.17) is 16.2 Å². The number of carbonyl (C=O) groups is 2. The molecule has 1 atom stereocenters. The van der Waals surface area contributed by atoms with Crippen molar-refractivity contribution in [3.63, 3.8) is 0 Å². The molecular weight excluding hydrogens is 198 g/mol. The van der Waals surface area contributed by atoms with E-state index in [1.807, 2.05) is 0 Å². The fourth-order valence-electron chi connectivity index (χ4n) is 0.838. The Morgan fingerprint density at radius 2 is 2.00 bits per heavy atom. The predicted octanol–water partition coefficient (Wildman–Crippen LogP) is -1.27. The summed E-state index contributed by atoms with van der Waals surface area (Å²) in [5.74, 6) is -1.01. The quantitative estimate of drug-likeness (QED) is 0.515. The fourth-order valence-corrected chi connectivity index (χ4v) is 0.838. The number of nitrogens with two attached hydrogens (primary N) is 2. The Labute approximate surface area is 89.3 Å². The summed E-state index contributed by atoms with van der Waals surface area (Å²) >= 11 is 0.